The topological polar surface area (TPSA) is 38.3 Å². The van der Waals surface area contributed by atoms with Crippen LogP contribution in [0.5, 0.6) is 5.75 Å². The zero-order chi connectivity index (χ0) is 13.1. The number of hydrogen-bond acceptors (Lipinski definition) is 2. The molecule has 0 aliphatic carbocycles. The first kappa shape index (κ1) is 13.8. The lowest BCUT2D eigenvalue weighted by Gasteiger charge is -2.21. The minimum Gasteiger partial charge on any atom is -0.495 e. The SMILES string of the molecule is COc1cc(C)ccc1NC(=O)C(C)(C)CCl. The van der Waals surface area contributed by atoms with Crippen LogP contribution in [0.2, 0.25) is 0 Å². The maximum absolute atomic E-state index is 12.0. The molecule has 0 aromatic heterocycles. The van der Waals surface area contributed by atoms with E-state index in [9.17, 15) is 4.79 Å². The third-order valence-corrected chi connectivity index (χ3v) is 3.22. The normalized spacial score (nSPS) is 11.1. The molecule has 94 valence electrons. The lowest BCUT2D eigenvalue weighted by molar-refractivity contribution is -0.122. The van der Waals surface area contributed by atoms with Crippen LogP contribution in [-0.4, -0.2) is 18.9 Å². The van der Waals surface area contributed by atoms with Gasteiger partial charge in [0.2, 0.25) is 5.91 Å². The van der Waals surface area contributed by atoms with Crippen molar-refractivity contribution in [1.82, 2.24) is 0 Å². The molecule has 1 N–H and O–H groups in total. The van der Waals surface area contributed by atoms with E-state index >= 15 is 0 Å². The Morgan fingerprint density at radius 1 is 1.47 bits per heavy atom. The van der Waals surface area contributed by atoms with Crippen molar-refractivity contribution in [2.24, 2.45) is 5.41 Å². The van der Waals surface area contributed by atoms with E-state index in [0.29, 0.717) is 11.4 Å². The molecule has 0 bridgehead atoms. The summed E-state index contributed by atoms with van der Waals surface area (Å²) < 4.78 is 5.23. The molecule has 0 saturated heterocycles. The van der Waals surface area contributed by atoms with Gasteiger partial charge in [0.05, 0.1) is 18.2 Å². The quantitative estimate of drug-likeness (QED) is 0.839. The first-order valence-corrected chi connectivity index (χ1v) is 5.96. The number of methoxy groups -OCH3 is 1. The van der Waals surface area contributed by atoms with Gasteiger partial charge in [-0.2, -0.15) is 0 Å². The van der Waals surface area contributed by atoms with Gasteiger partial charge < -0.3 is 10.1 Å². The minimum absolute atomic E-state index is 0.116. The van der Waals surface area contributed by atoms with Crippen molar-refractivity contribution in [3.63, 3.8) is 0 Å². The Bertz CT molecular complexity index is 416. The lowest BCUT2D eigenvalue weighted by Crippen LogP contribution is -2.32. The van der Waals surface area contributed by atoms with Crippen LogP contribution in [0, 0.1) is 12.3 Å². The molecule has 1 aromatic carbocycles. The Morgan fingerprint density at radius 3 is 2.65 bits per heavy atom. The maximum Gasteiger partial charge on any atom is 0.231 e. The van der Waals surface area contributed by atoms with Crippen molar-refractivity contribution in [3.8, 4) is 5.75 Å². The van der Waals surface area contributed by atoms with Gasteiger partial charge in [0, 0.05) is 5.88 Å². The number of carbonyl (C=O) groups is 1. The molecule has 1 aromatic rings. The molecule has 1 amide bonds. The molecule has 0 saturated carbocycles. The van der Waals surface area contributed by atoms with Crippen molar-refractivity contribution in [2.45, 2.75) is 20.8 Å². The summed E-state index contributed by atoms with van der Waals surface area (Å²) >= 11 is 5.76. The molecule has 17 heavy (non-hydrogen) atoms. The van der Waals surface area contributed by atoms with Crippen molar-refractivity contribution in [2.75, 3.05) is 18.3 Å². The average molecular weight is 256 g/mol. The zero-order valence-corrected chi connectivity index (χ0v) is 11.4. The predicted octanol–water partition coefficient (Wildman–Crippen LogP) is 3.21. The smallest absolute Gasteiger partial charge is 0.231 e. The maximum atomic E-state index is 12.0. The second-order valence-corrected chi connectivity index (χ2v) is 4.94. The number of aryl methyl sites for hydroxylation is 1. The Kier molecular flexibility index (Phi) is 4.40. The summed E-state index contributed by atoms with van der Waals surface area (Å²) in [7, 11) is 1.58. The van der Waals surface area contributed by atoms with Gasteiger partial charge >= 0.3 is 0 Å². The zero-order valence-electron chi connectivity index (χ0n) is 10.6. The van der Waals surface area contributed by atoms with Gasteiger partial charge in [0.25, 0.3) is 0 Å². The second kappa shape index (κ2) is 5.41. The average Bonchev–Trinajstić information content (AvgIpc) is 2.31. The third kappa shape index (κ3) is 3.37. The van der Waals surface area contributed by atoms with Gasteiger partial charge in [-0.05, 0) is 38.5 Å². The van der Waals surface area contributed by atoms with Crippen LogP contribution in [0.4, 0.5) is 5.69 Å². The van der Waals surface area contributed by atoms with Crippen molar-refractivity contribution in [3.05, 3.63) is 23.8 Å². The summed E-state index contributed by atoms with van der Waals surface area (Å²) in [5, 5.41) is 2.83. The van der Waals surface area contributed by atoms with Crippen LogP contribution in [0.15, 0.2) is 18.2 Å². The third-order valence-electron chi connectivity index (χ3n) is 2.55. The Morgan fingerprint density at radius 2 is 2.12 bits per heavy atom. The minimum atomic E-state index is -0.600. The molecule has 0 fully saturated rings. The fourth-order valence-electron chi connectivity index (χ4n) is 1.25. The van der Waals surface area contributed by atoms with Gasteiger partial charge in [-0.3, -0.25) is 4.79 Å². The molecule has 0 atom stereocenters. The largest absolute Gasteiger partial charge is 0.495 e. The fraction of sp³-hybridized carbons (Fsp3) is 0.462. The number of rotatable bonds is 4. The number of hydrogen-bond donors (Lipinski definition) is 1. The Hall–Kier alpha value is -1.22. The predicted molar refractivity (Wildman–Crippen MR) is 70.9 cm³/mol. The first-order chi connectivity index (χ1) is 7.90. The number of halogens is 1. The fourth-order valence-corrected chi connectivity index (χ4v) is 1.38. The molecule has 0 radical (unpaired) electrons. The number of alkyl halides is 1. The highest BCUT2D eigenvalue weighted by Crippen LogP contribution is 2.27. The van der Waals surface area contributed by atoms with Crippen molar-refractivity contribution in [1.29, 1.82) is 0 Å². The van der Waals surface area contributed by atoms with E-state index in [1.165, 1.54) is 0 Å². The number of amides is 1. The summed E-state index contributed by atoms with van der Waals surface area (Å²) in [5.41, 5.74) is 1.15. The molecule has 3 nitrogen and oxygen atoms in total. The molecule has 0 aliphatic rings. The molecule has 1 rings (SSSR count). The van der Waals surface area contributed by atoms with E-state index in [1.807, 2.05) is 25.1 Å². The highest BCUT2D eigenvalue weighted by Gasteiger charge is 2.27. The van der Waals surface area contributed by atoms with E-state index in [-0.39, 0.29) is 11.8 Å². The van der Waals surface area contributed by atoms with E-state index < -0.39 is 5.41 Å². The van der Waals surface area contributed by atoms with Crippen molar-refractivity contribution < 1.29 is 9.53 Å². The van der Waals surface area contributed by atoms with E-state index in [2.05, 4.69) is 5.32 Å². The Balaban J connectivity index is 2.92. The number of nitrogens with one attached hydrogen (secondary N) is 1. The van der Waals surface area contributed by atoms with Gasteiger partial charge in [-0.25, -0.2) is 0 Å². The molecule has 0 aliphatic heterocycles. The van der Waals surface area contributed by atoms with Crippen LogP contribution in [0.1, 0.15) is 19.4 Å². The summed E-state index contributed by atoms with van der Waals surface area (Å²) in [5.74, 6) is 0.811. The van der Waals surface area contributed by atoms with Crippen LogP contribution in [0.3, 0.4) is 0 Å². The number of anilines is 1. The molecule has 0 heterocycles. The van der Waals surface area contributed by atoms with E-state index in [4.69, 9.17) is 16.3 Å². The van der Waals surface area contributed by atoms with Crippen molar-refractivity contribution >= 4 is 23.2 Å². The van der Waals surface area contributed by atoms with Gasteiger partial charge in [0.1, 0.15) is 5.75 Å². The van der Waals surface area contributed by atoms with Crippen LogP contribution in [-0.2, 0) is 4.79 Å². The second-order valence-electron chi connectivity index (χ2n) is 4.68. The summed E-state index contributed by atoms with van der Waals surface area (Å²) in [4.78, 5) is 12.0. The molecule has 0 unspecified atom stereocenters. The Labute approximate surface area is 107 Å². The molecular weight excluding hydrogens is 238 g/mol. The molecule has 4 heteroatoms. The van der Waals surface area contributed by atoms with Crippen LogP contribution >= 0.6 is 11.6 Å². The monoisotopic (exact) mass is 255 g/mol. The number of ether oxygens (including phenoxy) is 1. The van der Waals surface area contributed by atoms with E-state index in [1.54, 1.807) is 21.0 Å². The highest BCUT2D eigenvalue weighted by molar-refractivity contribution is 6.20. The lowest BCUT2D eigenvalue weighted by atomic mass is 9.95. The highest BCUT2D eigenvalue weighted by atomic mass is 35.5. The van der Waals surface area contributed by atoms with Gasteiger partial charge in [-0.15, -0.1) is 11.6 Å². The molecule has 0 spiro atoms. The van der Waals surface area contributed by atoms with Gasteiger partial charge in [0.15, 0.2) is 0 Å². The molecular formula is C13H18ClNO2. The first-order valence-electron chi connectivity index (χ1n) is 5.43. The summed E-state index contributed by atoms with van der Waals surface area (Å²) in [6, 6.07) is 5.63. The number of carbonyl (C=O) groups excluding carboxylic acids is 1. The van der Waals surface area contributed by atoms with Crippen LogP contribution in [0.25, 0.3) is 0 Å². The van der Waals surface area contributed by atoms with E-state index in [0.717, 1.165) is 5.56 Å². The standard InChI is InChI=1S/C13H18ClNO2/c1-9-5-6-10(11(7-9)17-4)15-12(16)13(2,3)8-14/h5-7H,8H2,1-4H3,(H,15,16). The number of benzene rings is 1. The van der Waals surface area contributed by atoms with Crippen LogP contribution < -0.4 is 10.1 Å². The summed E-state index contributed by atoms with van der Waals surface area (Å²) in [6.45, 7) is 5.57. The van der Waals surface area contributed by atoms with Gasteiger partial charge in [-0.1, -0.05) is 6.07 Å². The summed E-state index contributed by atoms with van der Waals surface area (Å²) in [6.07, 6.45) is 0.